The highest BCUT2D eigenvalue weighted by molar-refractivity contribution is 6.22. The summed E-state index contributed by atoms with van der Waals surface area (Å²) in [4.78, 5) is 0. The number of nitrogens with zero attached hydrogens (tertiary/aromatic N) is 4. The van der Waals surface area contributed by atoms with Crippen molar-refractivity contribution in [3.8, 4) is 45.0 Å². The lowest BCUT2D eigenvalue weighted by atomic mass is 9.70. The van der Waals surface area contributed by atoms with Crippen LogP contribution in [0.25, 0.3) is 110 Å². The Morgan fingerprint density at radius 2 is 0.623 bits per heavy atom. The Kier molecular flexibility index (Phi) is 7.24. The number of benzene rings is 10. The van der Waals surface area contributed by atoms with Crippen molar-refractivity contribution in [3.05, 3.63) is 265 Å². The fourth-order valence-electron chi connectivity index (χ4n) is 12.9. The highest BCUT2D eigenvalue weighted by atomic mass is 15.0. The molecule has 1 spiro atoms. The fraction of sp³-hybridized carbons (Fsp3) is 0.0154. The number of fused-ring (bicyclic) bond motifs is 20. The molecule has 0 fully saturated rings. The molecule has 69 heavy (non-hydrogen) atoms. The van der Waals surface area contributed by atoms with Gasteiger partial charge in [-0.05, 0) is 142 Å². The molecular formula is C65H40N4. The molecule has 2 aliphatic rings. The molecule has 0 saturated carbocycles. The minimum atomic E-state index is -0.554. The Labute approximate surface area is 397 Å². The van der Waals surface area contributed by atoms with Gasteiger partial charge in [0.2, 0.25) is 0 Å². The third kappa shape index (κ3) is 4.72. The molecule has 16 rings (SSSR count). The van der Waals surface area contributed by atoms with E-state index in [9.17, 15) is 0 Å². The van der Waals surface area contributed by atoms with E-state index < -0.39 is 5.41 Å². The lowest BCUT2D eigenvalue weighted by Crippen LogP contribution is -2.26. The smallest absolute Gasteiger partial charge is 0.0727 e. The number of rotatable bonds is 4. The predicted molar refractivity (Wildman–Crippen MR) is 285 cm³/mol. The van der Waals surface area contributed by atoms with Crippen molar-refractivity contribution in [1.29, 1.82) is 0 Å². The Bertz CT molecular complexity index is 4190. The molecule has 4 heteroatoms. The standard InChI is InChI=1S/C65H40N4/c1-3-15-41(16-4-1)66-37-35-51-57(66)31-33-61-63(51)49-21-9-13-25-59(49)68(61)43-27-29-47-48-30-28-44(40-56(48)65(55(47)39-43)53-23-11-7-19-45(53)46-20-8-12-24-54(46)65)69-60-26-14-10-22-50(60)64-52-36-38-67(42-17-5-2-6-18-42)58(52)32-34-62(64)69/h1-40H. The van der Waals surface area contributed by atoms with Crippen molar-refractivity contribution in [2.75, 3.05) is 0 Å². The molecule has 4 heterocycles. The second-order valence-corrected chi connectivity index (χ2v) is 18.8. The van der Waals surface area contributed by atoms with Gasteiger partial charge in [0.1, 0.15) is 0 Å². The van der Waals surface area contributed by atoms with Crippen LogP contribution in [0.15, 0.2) is 243 Å². The van der Waals surface area contributed by atoms with Crippen LogP contribution in [-0.2, 0) is 5.41 Å². The summed E-state index contributed by atoms with van der Waals surface area (Å²) >= 11 is 0. The molecule has 320 valence electrons. The lowest BCUT2D eigenvalue weighted by Gasteiger charge is -2.31. The van der Waals surface area contributed by atoms with Gasteiger partial charge in [-0.2, -0.15) is 0 Å². The molecule has 0 aliphatic heterocycles. The zero-order valence-electron chi connectivity index (χ0n) is 37.4. The number of aromatic nitrogens is 4. The normalized spacial score (nSPS) is 13.3. The monoisotopic (exact) mass is 876 g/mol. The van der Waals surface area contributed by atoms with Crippen LogP contribution < -0.4 is 0 Å². The van der Waals surface area contributed by atoms with Gasteiger partial charge in [-0.1, -0.05) is 133 Å². The van der Waals surface area contributed by atoms with Crippen molar-refractivity contribution >= 4 is 65.4 Å². The first-order valence-electron chi connectivity index (χ1n) is 23.9. The topological polar surface area (TPSA) is 19.7 Å². The largest absolute Gasteiger partial charge is 0.317 e. The van der Waals surface area contributed by atoms with Crippen LogP contribution in [0.5, 0.6) is 0 Å². The number of hydrogen-bond donors (Lipinski definition) is 0. The molecule has 0 N–H and O–H groups in total. The SMILES string of the molecule is c1ccc(-n2ccc3c4c5ccccc5n(-c5ccc6c(c5)C5(c7ccccc7-c7ccccc75)c5cc(-n7c8ccccc8c8c9ccn(-c%10ccccc%10)c9ccc87)ccc5-6)c4ccc32)cc1. The van der Waals surface area contributed by atoms with Gasteiger partial charge in [0, 0.05) is 67.5 Å². The zero-order valence-corrected chi connectivity index (χ0v) is 37.4. The van der Waals surface area contributed by atoms with Crippen LogP contribution in [-0.4, -0.2) is 18.3 Å². The van der Waals surface area contributed by atoms with Crippen molar-refractivity contribution < 1.29 is 0 Å². The molecule has 0 saturated heterocycles. The van der Waals surface area contributed by atoms with Crippen LogP contribution in [0.2, 0.25) is 0 Å². The summed E-state index contributed by atoms with van der Waals surface area (Å²) in [6.45, 7) is 0. The van der Waals surface area contributed by atoms with E-state index in [1.165, 1.54) is 110 Å². The van der Waals surface area contributed by atoms with Crippen molar-refractivity contribution in [2.45, 2.75) is 5.41 Å². The summed E-state index contributed by atoms with van der Waals surface area (Å²) in [6, 6.07) is 85.9. The van der Waals surface area contributed by atoms with Gasteiger partial charge in [0.25, 0.3) is 0 Å². The Balaban J connectivity index is 0.949. The van der Waals surface area contributed by atoms with Crippen LogP contribution in [0.4, 0.5) is 0 Å². The van der Waals surface area contributed by atoms with E-state index in [2.05, 4.69) is 261 Å². The molecule has 0 unspecified atom stereocenters. The third-order valence-corrected chi connectivity index (χ3v) is 15.7. The van der Waals surface area contributed by atoms with Crippen molar-refractivity contribution in [3.63, 3.8) is 0 Å². The van der Waals surface area contributed by atoms with Crippen LogP contribution in [0.3, 0.4) is 0 Å². The summed E-state index contributed by atoms with van der Waals surface area (Å²) in [5.74, 6) is 0. The van der Waals surface area contributed by atoms with E-state index in [4.69, 9.17) is 0 Å². The summed E-state index contributed by atoms with van der Waals surface area (Å²) in [7, 11) is 0. The molecular weight excluding hydrogens is 837 g/mol. The second kappa shape index (κ2) is 13.5. The maximum atomic E-state index is 2.52. The minimum Gasteiger partial charge on any atom is -0.317 e. The van der Waals surface area contributed by atoms with E-state index in [1.54, 1.807) is 0 Å². The Hall–Kier alpha value is -9.12. The molecule has 2 aliphatic carbocycles. The van der Waals surface area contributed by atoms with E-state index in [0.717, 1.165) is 22.7 Å². The number of hydrogen-bond acceptors (Lipinski definition) is 0. The quantitative estimate of drug-likeness (QED) is 0.168. The minimum absolute atomic E-state index is 0.554. The van der Waals surface area contributed by atoms with Crippen LogP contribution >= 0.6 is 0 Å². The van der Waals surface area contributed by atoms with Gasteiger partial charge in [-0.25, -0.2) is 0 Å². The first kappa shape index (κ1) is 37.0. The molecule has 14 aromatic rings. The van der Waals surface area contributed by atoms with Crippen molar-refractivity contribution in [2.24, 2.45) is 0 Å². The lowest BCUT2D eigenvalue weighted by molar-refractivity contribution is 0.791. The van der Waals surface area contributed by atoms with Crippen LogP contribution in [0.1, 0.15) is 22.3 Å². The van der Waals surface area contributed by atoms with Gasteiger partial charge in [0.05, 0.1) is 38.5 Å². The molecule has 10 aromatic carbocycles. The molecule has 4 aromatic heterocycles. The zero-order chi connectivity index (χ0) is 45.0. The highest BCUT2D eigenvalue weighted by Gasteiger charge is 2.52. The first-order valence-corrected chi connectivity index (χ1v) is 23.9. The molecule has 0 atom stereocenters. The van der Waals surface area contributed by atoms with Gasteiger partial charge < -0.3 is 18.3 Å². The summed E-state index contributed by atoms with van der Waals surface area (Å²) in [5, 5.41) is 7.56. The fourth-order valence-corrected chi connectivity index (χ4v) is 12.9. The Morgan fingerprint density at radius 1 is 0.246 bits per heavy atom. The van der Waals surface area contributed by atoms with Gasteiger partial charge >= 0.3 is 0 Å². The van der Waals surface area contributed by atoms with E-state index >= 15 is 0 Å². The average molecular weight is 877 g/mol. The average Bonchev–Trinajstić information content (AvgIpc) is 4.27. The Morgan fingerprint density at radius 3 is 1.10 bits per heavy atom. The highest BCUT2D eigenvalue weighted by Crippen LogP contribution is 2.63. The molecule has 0 amide bonds. The first-order chi connectivity index (χ1) is 34.3. The maximum absolute atomic E-state index is 2.52. The molecule has 0 bridgehead atoms. The van der Waals surface area contributed by atoms with E-state index in [-0.39, 0.29) is 0 Å². The summed E-state index contributed by atoms with van der Waals surface area (Å²) < 4.78 is 9.62. The summed E-state index contributed by atoms with van der Waals surface area (Å²) in [5.41, 5.74) is 21.7. The van der Waals surface area contributed by atoms with E-state index in [1.807, 2.05) is 0 Å². The maximum Gasteiger partial charge on any atom is 0.0727 e. The summed E-state index contributed by atoms with van der Waals surface area (Å²) in [6.07, 6.45) is 4.43. The van der Waals surface area contributed by atoms with E-state index in [0.29, 0.717) is 0 Å². The van der Waals surface area contributed by atoms with Crippen molar-refractivity contribution in [1.82, 2.24) is 18.3 Å². The number of para-hydroxylation sites is 4. The van der Waals surface area contributed by atoms with Gasteiger partial charge in [-0.15, -0.1) is 0 Å². The molecule has 0 radical (unpaired) electrons. The van der Waals surface area contributed by atoms with Crippen LogP contribution in [0, 0.1) is 0 Å². The van der Waals surface area contributed by atoms with Gasteiger partial charge in [-0.3, -0.25) is 0 Å². The second-order valence-electron chi connectivity index (χ2n) is 18.8. The predicted octanol–water partition coefficient (Wildman–Crippen LogP) is 16.1. The third-order valence-electron chi connectivity index (χ3n) is 15.7. The van der Waals surface area contributed by atoms with Gasteiger partial charge in [0.15, 0.2) is 0 Å². The molecule has 4 nitrogen and oxygen atoms in total.